The van der Waals surface area contributed by atoms with Crippen LogP contribution in [-0.4, -0.2) is 34.3 Å². The Morgan fingerprint density at radius 3 is 2.76 bits per heavy atom. The highest BCUT2D eigenvalue weighted by Gasteiger charge is 2.14. The van der Waals surface area contributed by atoms with Gasteiger partial charge in [-0.25, -0.2) is 13.4 Å². The summed E-state index contributed by atoms with van der Waals surface area (Å²) in [7, 11) is -3.46. The normalized spacial score (nSPS) is 11.9. The van der Waals surface area contributed by atoms with Crippen LogP contribution in [0.5, 0.6) is 0 Å². The molecule has 0 fully saturated rings. The van der Waals surface area contributed by atoms with Gasteiger partial charge in [-0.2, -0.15) is 9.61 Å². The van der Waals surface area contributed by atoms with E-state index in [0.29, 0.717) is 11.2 Å². The number of nitrogens with one attached hydrogen (secondary N) is 1. The fourth-order valence-electron chi connectivity index (χ4n) is 2.65. The molecular weight excluding hydrogens is 340 g/mol. The summed E-state index contributed by atoms with van der Waals surface area (Å²) in [5.41, 5.74) is 8.83. The molecule has 9 heteroatoms. The summed E-state index contributed by atoms with van der Waals surface area (Å²) in [5, 5.41) is 5.22. The van der Waals surface area contributed by atoms with Crippen LogP contribution in [0.1, 0.15) is 0 Å². The molecule has 0 aliphatic carbocycles. The fourth-order valence-corrected chi connectivity index (χ4v) is 3.13. The zero-order chi connectivity index (χ0) is 17.6. The first-order valence-corrected chi connectivity index (χ1v) is 9.27. The van der Waals surface area contributed by atoms with Gasteiger partial charge < -0.3 is 5.73 Å². The first-order valence-electron chi connectivity index (χ1n) is 7.38. The van der Waals surface area contributed by atoms with Crippen molar-refractivity contribution < 1.29 is 8.42 Å². The summed E-state index contributed by atoms with van der Waals surface area (Å²) in [6.45, 7) is 0. The third kappa shape index (κ3) is 2.85. The van der Waals surface area contributed by atoms with Crippen molar-refractivity contribution in [1.29, 1.82) is 0 Å². The maximum absolute atomic E-state index is 11.5. The number of pyridine rings is 1. The molecule has 8 nitrogen and oxygen atoms in total. The van der Waals surface area contributed by atoms with Gasteiger partial charge in [0, 0.05) is 28.8 Å². The van der Waals surface area contributed by atoms with Crippen LogP contribution in [0.25, 0.3) is 27.7 Å². The molecule has 4 aromatic rings. The van der Waals surface area contributed by atoms with Crippen molar-refractivity contribution in [2.75, 3.05) is 16.7 Å². The van der Waals surface area contributed by atoms with Gasteiger partial charge in [0.25, 0.3) is 0 Å². The molecule has 3 aromatic heterocycles. The predicted octanol–water partition coefficient (Wildman–Crippen LogP) is 1.90. The lowest BCUT2D eigenvalue weighted by atomic mass is 10.1. The zero-order valence-corrected chi connectivity index (χ0v) is 14.0. The van der Waals surface area contributed by atoms with E-state index in [-0.39, 0.29) is 11.6 Å². The molecule has 0 saturated heterocycles. The Morgan fingerprint density at radius 1 is 1.16 bits per heavy atom. The minimum atomic E-state index is -3.46. The summed E-state index contributed by atoms with van der Waals surface area (Å²) in [6.07, 6.45) is 4.42. The van der Waals surface area contributed by atoms with Gasteiger partial charge in [-0.15, -0.1) is 0 Å². The molecule has 126 valence electrons. The van der Waals surface area contributed by atoms with Gasteiger partial charge in [0.15, 0.2) is 5.65 Å². The summed E-state index contributed by atoms with van der Waals surface area (Å²) in [4.78, 5) is 8.78. The second-order valence-corrected chi connectivity index (χ2v) is 7.40. The van der Waals surface area contributed by atoms with E-state index in [9.17, 15) is 8.42 Å². The van der Waals surface area contributed by atoms with Crippen LogP contribution in [-0.2, 0) is 10.0 Å². The molecule has 3 heterocycles. The van der Waals surface area contributed by atoms with Gasteiger partial charge in [-0.1, -0.05) is 18.2 Å². The molecule has 3 N–H and O–H groups in total. The van der Waals surface area contributed by atoms with Crippen molar-refractivity contribution in [2.24, 2.45) is 0 Å². The quantitative estimate of drug-likeness (QED) is 0.580. The molecule has 25 heavy (non-hydrogen) atoms. The maximum Gasteiger partial charge on any atom is 0.230 e. The lowest BCUT2D eigenvalue weighted by Gasteiger charge is -2.07. The number of aromatic nitrogens is 4. The first kappa shape index (κ1) is 15.3. The number of fused-ring (bicyclic) bond motifs is 2. The number of benzene rings is 1. The van der Waals surface area contributed by atoms with Crippen molar-refractivity contribution in [1.82, 2.24) is 19.6 Å². The van der Waals surface area contributed by atoms with E-state index < -0.39 is 10.0 Å². The number of sulfonamides is 1. The molecule has 0 amide bonds. The van der Waals surface area contributed by atoms with E-state index in [2.05, 4.69) is 19.8 Å². The van der Waals surface area contributed by atoms with Crippen LogP contribution >= 0.6 is 0 Å². The Balaban J connectivity index is 1.91. The standard InChI is InChI=1S/C16H14N6O2S/c1-25(23,24)21-15-7-14(17)22-16(20-15)12(9-19-22)11-6-10-4-2-3-5-13(10)18-8-11/h2-9H,17H2,1H3,(H,20,21). The van der Waals surface area contributed by atoms with Gasteiger partial charge in [0.2, 0.25) is 10.0 Å². The summed E-state index contributed by atoms with van der Waals surface area (Å²) >= 11 is 0. The highest BCUT2D eigenvalue weighted by Crippen LogP contribution is 2.27. The number of nitrogen functional groups attached to an aromatic ring is 1. The molecule has 0 radical (unpaired) electrons. The third-order valence-electron chi connectivity index (χ3n) is 3.69. The molecule has 0 spiro atoms. The van der Waals surface area contributed by atoms with E-state index in [1.54, 1.807) is 12.4 Å². The Hall–Kier alpha value is -3.20. The monoisotopic (exact) mass is 354 g/mol. The molecule has 0 aliphatic rings. The highest BCUT2D eigenvalue weighted by molar-refractivity contribution is 7.92. The van der Waals surface area contributed by atoms with Gasteiger partial charge >= 0.3 is 0 Å². The number of para-hydroxylation sites is 1. The lowest BCUT2D eigenvalue weighted by molar-refractivity contribution is 0.606. The average molecular weight is 354 g/mol. The minimum Gasteiger partial charge on any atom is -0.383 e. The third-order valence-corrected chi connectivity index (χ3v) is 4.27. The lowest BCUT2D eigenvalue weighted by Crippen LogP contribution is -2.12. The van der Waals surface area contributed by atoms with Crippen molar-refractivity contribution in [3.05, 3.63) is 48.8 Å². The number of anilines is 2. The summed E-state index contributed by atoms with van der Waals surface area (Å²) in [6, 6.07) is 11.2. The van der Waals surface area contributed by atoms with Gasteiger partial charge in [0.05, 0.1) is 18.0 Å². The molecule has 0 aliphatic heterocycles. The Kier molecular flexibility index (Phi) is 3.32. The van der Waals surface area contributed by atoms with Gasteiger partial charge in [-0.3, -0.25) is 9.71 Å². The highest BCUT2D eigenvalue weighted by atomic mass is 32.2. The van der Waals surface area contributed by atoms with Crippen LogP contribution in [0.4, 0.5) is 11.6 Å². The molecule has 0 unspecified atom stereocenters. The maximum atomic E-state index is 11.5. The Morgan fingerprint density at radius 2 is 1.96 bits per heavy atom. The van der Waals surface area contributed by atoms with Crippen LogP contribution in [0.3, 0.4) is 0 Å². The van der Waals surface area contributed by atoms with Crippen LogP contribution in [0.2, 0.25) is 0 Å². The SMILES string of the molecule is CS(=O)(=O)Nc1cc(N)n2ncc(-c3cnc4ccccc4c3)c2n1. The van der Waals surface area contributed by atoms with E-state index in [4.69, 9.17) is 5.73 Å². The number of rotatable bonds is 3. The van der Waals surface area contributed by atoms with E-state index in [1.165, 1.54) is 10.6 Å². The number of hydrogen-bond acceptors (Lipinski definition) is 6. The van der Waals surface area contributed by atoms with Crippen molar-refractivity contribution in [3.63, 3.8) is 0 Å². The predicted molar refractivity (Wildman–Crippen MR) is 96.6 cm³/mol. The molecule has 0 saturated carbocycles. The minimum absolute atomic E-state index is 0.142. The summed E-state index contributed by atoms with van der Waals surface area (Å²) in [5.74, 6) is 0.416. The molecule has 0 bridgehead atoms. The Bertz CT molecular complexity index is 1220. The van der Waals surface area contributed by atoms with E-state index >= 15 is 0 Å². The van der Waals surface area contributed by atoms with Crippen molar-refractivity contribution in [3.8, 4) is 11.1 Å². The van der Waals surface area contributed by atoms with Crippen LogP contribution in [0.15, 0.2) is 48.8 Å². The second kappa shape index (κ2) is 5.42. The Labute approximate surface area is 143 Å². The van der Waals surface area contributed by atoms with Crippen LogP contribution in [0, 0.1) is 0 Å². The van der Waals surface area contributed by atoms with Crippen molar-refractivity contribution in [2.45, 2.75) is 0 Å². The second-order valence-electron chi connectivity index (χ2n) is 5.65. The van der Waals surface area contributed by atoms with Gasteiger partial charge in [-0.05, 0) is 12.1 Å². The topological polar surface area (TPSA) is 115 Å². The summed E-state index contributed by atoms with van der Waals surface area (Å²) < 4.78 is 26.7. The number of nitrogens with two attached hydrogens (primary N) is 1. The largest absolute Gasteiger partial charge is 0.383 e. The smallest absolute Gasteiger partial charge is 0.230 e. The molecular formula is C16H14N6O2S. The zero-order valence-electron chi connectivity index (χ0n) is 13.2. The van der Waals surface area contributed by atoms with Gasteiger partial charge in [0.1, 0.15) is 11.6 Å². The number of nitrogens with zero attached hydrogens (tertiary/aromatic N) is 4. The number of hydrogen-bond donors (Lipinski definition) is 2. The molecule has 0 atom stereocenters. The van der Waals surface area contributed by atoms with Crippen LogP contribution < -0.4 is 10.5 Å². The first-order chi connectivity index (χ1) is 11.9. The molecule has 1 aromatic carbocycles. The van der Waals surface area contributed by atoms with Crippen molar-refractivity contribution >= 4 is 38.2 Å². The fraction of sp³-hybridized carbons (Fsp3) is 0.0625. The van der Waals surface area contributed by atoms with E-state index in [0.717, 1.165) is 22.7 Å². The average Bonchev–Trinajstić information content (AvgIpc) is 2.97. The molecule has 4 rings (SSSR count). The van der Waals surface area contributed by atoms with E-state index in [1.807, 2.05) is 30.3 Å².